The highest BCUT2D eigenvalue weighted by Crippen LogP contribution is 2.12. The van der Waals surface area contributed by atoms with Gasteiger partial charge in [0, 0.05) is 38.9 Å². The highest BCUT2D eigenvalue weighted by molar-refractivity contribution is 5.04. The van der Waals surface area contributed by atoms with Crippen LogP contribution >= 0.6 is 0 Å². The minimum atomic E-state index is 0.674. The second kappa shape index (κ2) is 8.51. The van der Waals surface area contributed by atoms with Crippen molar-refractivity contribution in [2.45, 2.75) is 38.6 Å². The Kier molecular flexibility index (Phi) is 6.67. The Balaban J connectivity index is 1.77. The molecule has 1 aromatic rings. The first-order chi connectivity index (χ1) is 10.2. The van der Waals surface area contributed by atoms with Gasteiger partial charge >= 0.3 is 0 Å². The molecule has 0 bridgehead atoms. The van der Waals surface area contributed by atoms with E-state index >= 15 is 0 Å². The molecule has 0 amide bonds. The van der Waals surface area contributed by atoms with Crippen molar-refractivity contribution < 1.29 is 0 Å². The Morgan fingerprint density at radius 2 is 2.14 bits per heavy atom. The fraction of sp³-hybridized carbons (Fsp3) is 0.812. The van der Waals surface area contributed by atoms with Crippen molar-refractivity contribution >= 4 is 0 Å². The maximum atomic E-state index is 5.75. The Bertz CT molecular complexity index is 403. The summed E-state index contributed by atoms with van der Waals surface area (Å²) in [5.74, 6) is 0. The van der Waals surface area contributed by atoms with Crippen molar-refractivity contribution in [3.8, 4) is 0 Å². The number of hydrogen-bond acceptors (Lipinski definition) is 4. The lowest BCUT2D eigenvalue weighted by atomic mass is 10.1. The second-order valence-electron chi connectivity index (χ2n) is 6.14. The minimum absolute atomic E-state index is 0.674. The van der Waals surface area contributed by atoms with Crippen molar-refractivity contribution in [3.63, 3.8) is 0 Å². The smallest absolute Gasteiger partial charge is 0.0522 e. The van der Waals surface area contributed by atoms with E-state index in [1.54, 1.807) is 0 Å². The van der Waals surface area contributed by atoms with Crippen LogP contribution in [0.25, 0.3) is 0 Å². The predicted octanol–water partition coefficient (Wildman–Crippen LogP) is 1.10. The first kappa shape index (κ1) is 16.5. The van der Waals surface area contributed by atoms with Gasteiger partial charge in [0.25, 0.3) is 0 Å². The van der Waals surface area contributed by atoms with Gasteiger partial charge in [0.15, 0.2) is 0 Å². The Hall–Kier alpha value is -0.910. The highest BCUT2D eigenvalue weighted by atomic mass is 15.2. The quantitative estimate of drug-likeness (QED) is 0.818. The number of rotatable bonds is 7. The van der Waals surface area contributed by atoms with Crippen LogP contribution in [0.5, 0.6) is 0 Å². The van der Waals surface area contributed by atoms with Crippen LogP contribution in [0.1, 0.15) is 31.7 Å². The van der Waals surface area contributed by atoms with Crippen LogP contribution < -0.4 is 5.73 Å². The number of hydrogen-bond donors (Lipinski definition) is 1. The van der Waals surface area contributed by atoms with E-state index < -0.39 is 0 Å². The van der Waals surface area contributed by atoms with E-state index in [9.17, 15) is 0 Å². The molecule has 1 aliphatic rings. The summed E-state index contributed by atoms with van der Waals surface area (Å²) in [4.78, 5) is 5.25. The Labute approximate surface area is 129 Å². The van der Waals surface area contributed by atoms with E-state index in [4.69, 9.17) is 5.73 Å². The van der Waals surface area contributed by atoms with Crippen LogP contribution in [0, 0.1) is 0 Å². The van der Waals surface area contributed by atoms with Crippen LogP contribution in [0.2, 0.25) is 0 Å². The second-order valence-corrected chi connectivity index (χ2v) is 6.14. The summed E-state index contributed by atoms with van der Waals surface area (Å²) in [5, 5.41) is 4.24. The fourth-order valence-electron chi connectivity index (χ4n) is 3.31. The third kappa shape index (κ3) is 5.09. The molecule has 1 saturated heterocycles. The first-order valence-corrected chi connectivity index (χ1v) is 8.37. The average molecular weight is 293 g/mol. The summed E-state index contributed by atoms with van der Waals surface area (Å²) in [7, 11) is 1.98. The average Bonchev–Trinajstić information content (AvgIpc) is 2.76. The zero-order chi connectivity index (χ0) is 15.1. The molecule has 120 valence electrons. The molecule has 21 heavy (non-hydrogen) atoms. The van der Waals surface area contributed by atoms with Crippen LogP contribution in [0.4, 0.5) is 0 Å². The van der Waals surface area contributed by atoms with Gasteiger partial charge in [-0.25, -0.2) is 0 Å². The van der Waals surface area contributed by atoms with Crippen molar-refractivity contribution in [1.29, 1.82) is 0 Å². The number of aryl methyl sites for hydroxylation is 1. The third-order valence-corrected chi connectivity index (χ3v) is 4.59. The van der Waals surface area contributed by atoms with E-state index in [1.807, 2.05) is 17.9 Å². The van der Waals surface area contributed by atoms with Gasteiger partial charge in [0.1, 0.15) is 0 Å². The van der Waals surface area contributed by atoms with Gasteiger partial charge in [0.2, 0.25) is 0 Å². The van der Waals surface area contributed by atoms with Crippen LogP contribution in [-0.4, -0.2) is 64.9 Å². The molecule has 0 saturated carbocycles. The fourth-order valence-corrected chi connectivity index (χ4v) is 3.31. The number of nitrogens with zero attached hydrogens (tertiary/aromatic N) is 4. The summed E-state index contributed by atoms with van der Waals surface area (Å²) < 4.78 is 1.89. The predicted molar refractivity (Wildman–Crippen MR) is 87.3 cm³/mol. The van der Waals surface area contributed by atoms with Crippen LogP contribution in [-0.2, 0) is 13.5 Å². The summed E-state index contributed by atoms with van der Waals surface area (Å²) >= 11 is 0. The molecule has 1 aliphatic heterocycles. The van der Waals surface area contributed by atoms with E-state index in [-0.39, 0.29) is 0 Å². The minimum Gasteiger partial charge on any atom is -0.330 e. The van der Waals surface area contributed by atoms with E-state index in [1.165, 1.54) is 44.6 Å². The highest BCUT2D eigenvalue weighted by Gasteiger charge is 2.20. The monoisotopic (exact) mass is 293 g/mol. The van der Waals surface area contributed by atoms with E-state index in [0.29, 0.717) is 6.04 Å². The third-order valence-electron chi connectivity index (χ3n) is 4.59. The molecular weight excluding hydrogens is 262 g/mol. The SMILES string of the molecule is CCC(CCN)N1CCCN(CCc2cnn(C)c2)CC1. The molecular formula is C16H31N5. The van der Waals surface area contributed by atoms with Gasteiger partial charge in [-0.2, -0.15) is 5.10 Å². The van der Waals surface area contributed by atoms with Crippen LogP contribution in [0.3, 0.4) is 0 Å². The van der Waals surface area contributed by atoms with Crippen LogP contribution in [0.15, 0.2) is 12.4 Å². The van der Waals surface area contributed by atoms with Gasteiger partial charge in [-0.05, 0) is 50.9 Å². The molecule has 2 N–H and O–H groups in total. The molecule has 1 unspecified atom stereocenters. The molecule has 0 radical (unpaired) electrons. The molecule has 0 spiro atoms. The van der Waals surface area contributed by atoms with Gasteiger partial charge in [0.05, 0.1) is 6.20 Å². The van der Waals surface area contributed by atoms with Crippen molar-refractivity contribution in [2.75, 3.05) is 39.3 Å². The lowest BCUT2D eigenvalue weighted by molar-refractivity contribution is 0.186. The zero-order valence-electron chi connectivity index (χ0n) is 13.7. The summed E-state index contributed by atoms with van der Waals surface area (Å²) in [6.07, 6.45) is 8.83. The molecule has 0 aliphatic carbocycles. The summed E-state index contributed by atoms with van der Waals surface area (Å²) in [6, 6.07) is 0.674. The molecule has 0 aromatic carbocycles. The van der Waals surface area contributed by atoms with Crippen molar-refractivity contribution in [2.24, 2.45) is 12.8 Å². The normalized spacial score (nSPS) is 19.6. The molecule has 5 heteroatoms. The number of aromatic nitrogens is 2. The van der Waals surface area contributed by atoms with E-state index in [2.05, 4.69) is 28.0 Å². The molecule has 1 fully saturated rings. The Morgan fingerprint density at radius 1 is 1.29 bits per heavy atom. The lowest BCUT2D eigenvalue weighted by Gasteiger charge is -2.29. The van der Waals surface area contributed by atoms with Crippen molar-refractivity contribution in [1.82, 2.24) is 19.6 Å². The molecule has 2 heterocycles. The van der Waals surface area contributed by atoms with Gasteiger partial charge in [-0.15, -0.1) is 0 Å². The lowest BCUT2D eigenvalue weighted by Crippen LogP contribution is -2.39. The zero-order valence-corrected chi connectivity index (χ0v) is 13.7. The van der Waals surface area contributed by atoms with Gasteiger partial charge in [-0.3, -0.25) is 9.58 Å². The standard InChI is InChI=1S/C16H31N5/c1-3-16(5-7-17)21-9-4-8-20(11-12-21)10-6-15-13-18-19(2)14-15/h13-14,16H,3-12,17H2,1-2H3. The van der Waals surface area contributed by atoms with Crippen molar-refractivity contribution in [3.05, 3.63) is 18.0 Å². The first-order valence-electron chi connectivity index (χ1n) is 8.37. The molecule has 5 nitrogen and oxygen atoms in total. The van der Waals surface area contributed by atoms with Gasteiger partial charge in [-0.1, -0.05) is 6.92 Å². The maximum Gasteiger partial charge on any atom is 0.0522 e. The maximum absolute atomic E-state index is 5.75. The molecule has 2 rings (SSSR count). The largest absolute Gasteiger partial charge is 0.330 e. The Morgan fingerprint density at radius 3 is 2.81 bits per heavy atom. The van der Waals surface area contributed by atoms with Gasteiger partial charge < -0.3 is 10.6 Å². The van der Waals surface area contributed by atoms with E-state index in [0.717, 1.165) is 25.9 Å². The molecule has 1 aromatic heterocycles. The topological polar surface area (TPSA) is 50.3 Å². The summed E-state index contributed by atoms with van der Waals surface area (Å²) in [5.41, 5.74) is 7.09. The summed E-state index contributed by atoms with van der Waals surface area (Å²) in [6.45, 7) is 9.04. The molecule has 1 atom stereocenters. The number of nitrogens with two attached hydrogens (primary N) is 1.